The number of amides is 1. The van der Waals surface area contributed by atoms with Gasteiger partial charge in [-0.05, 0) is 31.7 Å². The number of nitrogens with zero attached hydrogens (tertiary/aromatic N) is 1. The lowest BCUT2D eigenvalue weighted by Gasteiger charge is -2.06. The Morgan fingerprint density at radius 2 is 2.05 bits per heavy atom. The number of nitrogens with two attached hydrogens (primary N) is 1. The molecule has 22 heavy (non-hydrogen) atoms. The van der Waals surface area contributed by atoms with Gasteiger partial charge in [-0.15, -0.1) is 11.3 Å². The molecule has 2 aromatic rings. The van der Waals surface area contributed by atoms with Gasteiger partial charge in [0.1, 0.15) is 0 Å². The van der Waals surface area contributed by atoms with Gasteiger partial charge in [0.2, 0.25) is 5.91 Å². The van der Waals surface area contributed by atoms with E-state index in [0.717, 1.165) is 41.8 Å². The number of benzene rings is 1. The van der Waals surface area contributed by atoms with Crippen molar-refractivity contribution < 1.29 is 4.79 Å². The van der Waals surface area contributed by atoms with Crippen molar-refractivity contribution in [3.8, 4) is 11.3 Å². The normalized spacial score (nSPS) is 15.6. The molecule has 1 aliphatic rings. The first-order valence-corrected chi connectivity index (χ1v) is 8.50. The minimum Gasteiger partial charge on any atom is -0.317 e. The van der Waals surface area contributed by atoms with E-state index < -0.39 is 5.54 Å². The highest BCUT2D eigenvalue weighted by atomic mass is 32.1. The van der Waals surface area contributed by atoms with Gasteiger partial charge in [-0.3, -0.25) is 4.79 Å². The van der Waals surface area contributed by atoms with Crippen LogP contribution in [0.3, 0.4) is 0 Å². The van der Waals surface area contributed by atoms with Crippen molar-refractivity contribution in [2.75, 3.05) is 5.32 Å². The van der Waals surface area contributed by atoms with E-state index in [1.165, 1.54) is 16.9 Å². The number of nitrogens with one attached hydrogen (secondary N) is 1. The van der Waals surface area contributed by atoms with Crippen LogP contribution in [0.2, 0.25) is 0 Å². The van der Waals surface area contributed by atoms with Crippen LogP contribution < -0.4 is 11.1 Å². The van der Waals surface area contributed by atoms with Crippen molar-refractivity contribution in [1.82, 2.24) is 4.98 Å². The Morgan fingerprint density at radius 3 is 2.64 bits per heavy atom. The summed E-state index contributed by atoms with van der Waals surface area (Å²) in [6, 6.07) is 8.50. The van der Waals surface area contributed by atoms with Gasteiger partial charge in [-0.1, -0.05) is 37.6 Å². The van der Waals surface area contributed by atoms with E-state index in [1.807, 2.05) is 6.92 Å². The molecule has 0 radical (unpaired) electrons. The first-order valence-electron chi connectivity index (χ1n) is 7.69. The molecule has 1 fully saturated rings. The third kappa shape index (κ3) is 3.05. The standard InChI is InChI=1S/C17H21N3OS/c1-3-4-12-5-7-13(8-6-12)14-11(2)22-16(19-14)20-15(21)17(18)9-10-17/h5-8H,3-4,9-10,18H2,1-2H3,(H,19,20,21). The summed E-state index contributed by atoms with van der Waals surface area (Å²) in [5.74, 6) is -0.119. The minimum absolute atomic E-state index is 0.119. The number of rotatable bonds is 5. The molecule has 0 aliphatic heterocycles. The summed E-state index contributed by atoms with van der Waals surface area (Å²) >= 11 is 1.50. The zero-order valence-corrected chi connectivity index (χ0v) is 13.8. The SMILES string of the molecule is CCCc1ccc(-c2nc(NC(=O)C3(N)CC3)sc2C)cc1. The Morgan fingerprint density at radius 1 is 1.36 bits per heavy atom. The van der Waals surface area contributed by atoms with Crippen LogP contribution in [0.25, 0.3) is 11.3 Å². The van der Waals surface area contributed by atoms with Gasteiger partial charge in [0.05, 0.1) is 11.2 Å². The molecule has 1 heterocycles. The number of carbonyl (C=O) groups excluding carboxylic acids is 1. The molecule has 5 heteroatoms. The molecule has 1 aromatic heterocycles. The zero-order valence-electron chi connectivity index (χ0n) is 13.0. The van der Waals surface area contributed by atoms with Crippen LogP contribution in [-0.2, 0) is 11.2 Å². The molecular weight excluding hydrogens is 294 g/mol. The first kappa shape index (κ1) is 15.2. The van der Waals surface area contributed by atoms with E-state index >= 15 is 0 Å². The average molecular weight is 315 g/mol. The van der Waals surface area contributed by atoms with Gasteiger partial charge in [0.15, 0.2) is 5.13 Å². The second-order valence-corrected chi connectivity index (χ2v) is 7.18. The summed E-state index contributed by atoms with van der Waals surface area (Å²) in [6.07, 6.45) is 3.76. The number of aryl methyl sites for hydroxylation is 2. The Balaban J connectivity index is 1.78. The van der Waals surface area contributed by atoms with E-state index in [-0.39, 0.29) is 5.91 Å². The predicted octanol–water partition coefficient (Wildman–Crippen LogP) is 3.50. The molecular formula is C17H21N3OS. The molecule has 116 valence electrons. The maximum Gasteiger partial charge on any atom is 0.246 e. The van der Waals surface area contributed by atoms with E-state index in [2.05, 4.69) is 41.5 Å². The number of anilines is 1. The average Bonchev–Trinajstić information content (AvgIpc) is 3.15. The van der Waals surface area contributed by atoms with Crippen molar-refractivity contribution in [3.63, 3.8) is 0 Å². The van der Waals surface area contributed by atoms with Crippen molar-refractivity contribution in [2.24, 2.45) is 5.73 Å². The van der Waals surface area contributed by atoms with Crippen molar-refractivity contribution >= 4 is 22.4 Å². The fraction of sp³-hybridized carbons (Fsp3) is 0.412. The minimum atomic E-state index is -0.665. The van der Waals surface area contributed by atoms with Crippen LogP contribution in [0, 0.1) is 6.92 Å². The van der Waals surface area contributed by atoms with Gasteiger partial charge < -0.3 is 11.1 Å². The molecule has 0 atom stereocenters. The Kier molecular flexibility index (Phi) is 4.02. The smallest absolute Gasteiger partial charge is 0.246 e. The van der Waals surface area contributed by atoms with Gasteiger partial charge in [0, 0.05) is 10.4 Å². The van der Waals surface area contributed by atoms with Gasteiger partial charge >= 0.3 is 0 Å². The van der Waals surface area contributed by atoms with Crippen LogP contribution in [0.15, 0.2) is 24.3 Å². The number of hydrogen-bond donors (Lipinski definition) is 2. The summed E-state index contributed by atoms with van der Waals surface area (Å²) in [5, 5.41) is 3.48. The van der Waals surface area contributed by atoms with E-state index in [4.69, 9.17) is 5.73 Å². The molecule has 4 nitrogen and oxygen atoms in total. The largest absolute Gasteiger partial charge is 0.317 e. The molecule has 0 spiro atoms. The Labute approximate surface area is 134 Å². The summed E-state index contributed by atoms with van der Waals surface area (Å²) in [4.78, 5) is 17.7. The number of thiazole rings is 1. The maximum atomic E-state index is 12.0. The lowest BCUT2D eigenvalue weighted by molar-refractivity contribution is -0.118. The molecule has 3 N–H and O–H groups in total. The summed E-state index contributed by atoms with van der Waals surface area (Å²) < 4.78 is 0. The van der Waals surface area contributed by atoms with E-state index in [0.29, 0.717) is 5.13 Å². The molecule has 1 aliphatic carbocycles. The van der Waals surface area contributed by atoms with Gasteiger partial charge in [0.25, 0.3) is 0 Å². The zero-order chi connectivity index (χ0) is 15.7. The maximum absolute atomic E-state index is 12.0. The molecule has 0 saturated heterocycles. The summed E-state index contributed by atoms with van der Waals surface area (Å²) in [6.45, 7) is 4.20. The van der Waals surface area contributed by atoms with Crippen LogP contribution in [-0.4, -0.2) is 16.4 Å². The second kappa shape index (κ2) is 5.82. The van der Waals surface area contributed by atoms with Crippen molar-refractivity contribution in [2.45, 2.75) is 45.1 Å². The van der Waals surface area contributed by atoms with E-state index in [9.17, 15) is 4.79 Å². The monoisotopic (exact) mass is 315 g/mol. The highest BCUT2D eigenvalue weighted by Crippen LogP contribution is 2.35. The quantitative estimate of drug-likeness (QED) is 0.887. The van der Waals surface area contributed by atoms with Gasteiger partial charge in [-0.2, -0.15) is 0 Å². The lowest BCUT2D eigenvalue weighted by atomic mass is 10.1. The fourth-order valence-corrected chi connectivity index (χ4v) is 3.25. The van der Waals surface area contributed by atoms with Crippen LogP contribution in [0.5, 0.6) is 0 Å². The molecule has 0 bridgehead atoms. The van der Waals surface area contributed by atoms with Crippen LogP contribution in [0.4, 0.5) is 5.13 Å². The van der Waals surface area contributed by atoms with Crippen LogP contribution >= 0.6 is 11.3 Å². The van der Waals surface area contributed by atoms with Gasteiger partial charge in [-0.25, -0.2) is 4.98 Å². The summed E-state index contributed by atoms with van der Waals surface area (Å²) in [5.41, 5.74) is 8.60. The predicted molar refractivity (Wildman–Crippen MR) is 91.1 cm³/mol. The van der Waals surface area contributed by atoms with Crippen molar-refractivity contribution in [3.05, 3.63) is 34.7 Å². The Hall–Kier alpha value is -1.72. The summed E-state index contributed by atoms with van der Waals surface area (Å²) in [7, 11) is 0. The number of carbonyl (C=O) groups is 1. The highest BCUT2D eigenvalue weighted by molar-refractivity contribution is 7.16. The van der Waals surface area contributed by atoms with E-state index in [1.54, 1.807) is 0 Å². The Bertz CT molecular complexity index is 686. The first-order chi connectivity index (χ1) is 10.5. The topological polar surface area (TPSA) is 68.0 Å². The molecule has 1 amide bonds. The van der Waals surface area contributed by atoms with Crippen LogP contribution in [0.1, 0.15) is 36.6 Å². The fourth-order valence-electron chi connectivity index (χ4n) is 2.42. The molecule has 0 unspecified atom stereocenters. The van der Waals surface area contributed by atoms with Crippen molar-refractivity contribution in [1.29, 1.82) is 0 Å². The molecule has 1 saturated carbocycles. The third-order valence-electron chi connectivity index (χ3n) is 4.02. The number of aromatic nitrogens is 1. The second-order valence-electron chi connectivity index (χ2n) is 5.98. The number of hydrogen-bond acceptors (Lipinski definition) is 4. The molecule has 1 aromatic carbocycles. The lowest BCUT2D eigenvalue weighted by Crippen LogP contribution is -2.37. The molecule has 3 rings (SSSR count). The third-order valence-corrected chi connectivity index (χ3v) is 4.91. The highest BCUT2D eigenvalue weighted by Gasteiger charge is 2.46.